The van der Waals surface area contributed by atoms with E-state index < -0.39 is 162 Å². The number of hydrogen-bond donors (Lipinski definition) is 13. The van der Waals surface area contributed by atoms with E-state index in [1.54, 1.807) is 16.8 Å². The minimum Gasteiger partial charge on any atom is -0.481 e. The molecule has 6 heterocycles. The number of carbonyl (C=O) groups excluding carboxylic acids is 10. The molecule has 130 heavy (non-hydrogen) atoms. The molecule has 712 valence electrons. The van der Waals surface area contributed by atoms with Gasteiger partial charge in [-0.3, -0.25) is 71.6 Å². The number of fused-ring (bicyclic) bond motifs is 2. The van der Waals surface area contributed by atoms with Crippen LogP contribution in [0.15, 0.2) is 75.7 Å². The number of aliphatic carboxylic acids is 3. The molecule has 2 aromatic carbocycles. The number of hydrogen-bond acceptors (Lipinski definition) is 26. The summed E-state index contributed by atoms with van der Waals surface area (Å²) in [6.45, 7) is 9.17. The van der Waals surface area contributed by atoms with Crippen molar-refractivity contribution in [1.29, 1.82) is 0 Å². The molecule has 5 saturated heterocycles. The number of ether oxygens (including phenoxy) is 1. The van der Waals surface area contributed by atoms with E-state index in [9.17, 15) is 106 Å². The van der Waals surface area contributed by atoms with Gasteiger partial charge < -0.3 is 96.4 Å². The highest BCUT2D eigenvalue weighted by Crippen LogP contribution is 2.66. The number of carboxylic acids is 3. The van der Waals surface area contributed by atoms with E-state index in [1.807, 2.05) is 30.4 Å². The van der Waals surface area contributed by atoms with Gasteiger partial charge in [-0.25, -0.2) is 23.3 Å². The number of aryl methyl sites for hydroxylation is 2. The number of nitrogen functional groups attached to an aromatic ring is 1. The Bertz CT molecular complexity index is 5070. The Morgan fingerprint density at radius 1 is 0.685 bits per heavy atom. The van der Waals surface area contributed by atoms with E-state index in [-0.39, 0.29) is 162 Å². The lowest BCUT2D eigenvalue weighted by molar-refractivity contribution is -0.148. The van der Waals surface area contributed by atoms with Crippen molar-refractivity contribution in [1.82, 2.24) is 60.6 Å². The fourth-order valence-corrected chi connectivity index (χ4v) is 22.6. The predicted molar refractivity (Wildman–Crippen MR) is 472 cm³/mol. The van der Waals surface area contributed by atoms with Gasteiger partial charge >= 0.3 is 47.1 Å². The van der Waals surface area contributed by atoms with Crippen LogP contribution in [0.25, 0.3) is 0 Å². The molecule has 5 fully saturated rings. The molecule has 42 nitrogen and oxygen atoms in total. The van der Waals surface area contributed by atoms with Gasteiger partial charge in [-0.1, -0.05) is 76.9 Å². The molecule has 47 heteroatoms. The van der Waals surface area contributed by atoms with Gasteiger partial charge in [-0.05, 0) is 169 Å². The summed E-state index contributed by atoms with van der Waals surface area (Å²) in [7, 11) is -12.6. The number of allylic oxidation sites excluding steroid dienone is 4. The van der Waals surface area contributed by atoms with E-state index in [2.05, 4.69) is 90.5 Å². The van der Waals surface area contributed by atoms with Crippen LogP contribution in [0.2, 0.25) is 0 Å². The van der Waals surface area contributed by atoms with Crippen molar-refractivity contribution in [3.8, 4) is 0 Å². The number of nitrogens with zero attached hydrogens (tertiary/aromatic N) is 8. The number of unbranched alkanes of at least 4 members (excludes halogenated alkanes) is 1. The summed E-state index contributed by atoms with van der Waals surface area (Å²) in [6, 6.07) is 3.00. The summed E-state index contributed by atoms with van der Waals surface area (Å²) in [6.07, 6.45) is 7.75. The highest BCUT2D eigenvalue weighted by Gasteiger charge is 2.47. The number of carboxylic acid groups (broad SMARTS) is 3. The van der Waals surface area contributed by atoms with Crippen LogP contribution < -0.4 is 38.0 Å². The second-order valence-corrected chi connectivity index (χ2v) is 40.2. The van der Waals surface area contributed by atoms with E-state index in [0.717, 1.165) is 45.6 Å². The molecule has 10 amide bonds. The zero-order valence-electron chi connectivity index (χ0n) is 72.9. The fraction of sp³-hybridized carbons (Fsp3) is 0.590. The fourth-order valence-electron chi connectivity index (χ4n) is 17.6. The van der Waals surface area contributed by atoms with Crippen LogP contribution in [-0.4, -0.2) is 271 Å². The summed E-state index contributed by atoms with van der Waals surface area (Å²) in [5, 5.41) is 41.3. The molecule has 13 atom stereocenters. The molecule has 2 aliphatic carbocycles. The van der Waals surface area contributed by atoms with Crippen LogP contribution in [0.1, 0.15) is 205 Å². The molecule has 0 bridgehead atoms. The molecule has 0 spiro atoms. The minimum absolute atomic E-state index is 0.00367. The largest absolute Gasteiger partial charge is 0.490 e. The molecule has 0 radical (unpaired) electrons. The van der Waals surface area contributed by atoms with Crippen molar-refractivity contribution in [2.24, 2.45) is 10.9 Å². The molecule has 10 rings (SSSR count). The van der Waals surface area contributed by atoms with Gasteiger partial charge in [0, 0.05) is 119 Å². The van der Waals surface area contributed by atoms with Gasteiger partial charge in [0.25, 0.3) is 5.91 Å². The van der Waals surface area contributed by atoms with E-state index in [4.69, 9.17) is 25.2 Å². The first-order valence-corrected chi connectivity index (χ1v) is 50.4. The van der Waals surface area contributed by atoms with Crippen LogP contribution in [0.3, 0.4) is 0 Å². The third kappa shape index (κ3) is 27.8. The lowest BCUT2D eigenvalue weighted by Crippen LogP contribution is -2.58. The summed E-state index contributed by atoms with van der Waals surface area (Å²) in [4.78, 5) is 243. The number of phosphoric ester groups is 1. The quantitative estimate of drug-likeness (QED) is 0.0205. The van der Waals surface area contributed by atoms with E-state index in [0.29, 0.717) is 57.2 Å². The molecule has 0 saturated carbocycles. The van der Waals surface area contributed by atoms with Crippen LogP contribution in [-0.2, 0) is 108 Å². The van der Waals surface area contributed by atoms with Crippen LogP contribution in [0.5, 0.6) is 0 Å². The maximum Gasteiger partial charge on any atom is 0.490 e. The maximum absolute atomic E-state index is 14.9. The summed E-state index contributed by atoms with van der Waals surface area (Å²) in [5.74, 6) is -10.7. The van der Waals surface area contributed by atoms with Gasteiger partial charge in [-0.2, -0.15) is 13.6 Å². The van der Waals surface area contributed by atoms with Crippen molar-refractivity contribution in [2.45, 2.75) is 236 Å². The van der Waals surface area contributed by atoms with Gasteiger partial charge in [0.05, 0.1) is 31.3 Å². The van der Waals surface area contributed by atoms with E-state index >= 15 is 0 Å². The van der Waals surface area contributed by atoms with E-state index in [1.165, 1.54) is 65.4 Å². The predicted octanol–water partition coefficient (Wildman–Crippen LogP) is 4.83. The molecule has 14 N–H and O–H groups in total. The summed E-state index contributed by atoms with van der Waals surface area (Å²) >= 11 is 0. The van der Waals surface area contributed by atoms with Gasteiger partial charge in [0.1, 0.15) is 54.3 Å². The van der Waals surface area contributed by atoms with Crippen molar-refractivity contribution < 1.29 is 129 Å². The SMILES string of the molecule is CCCc1cc2c(cc1C)C(c1ccccc1C(=O)N(C)CCCC(=O)N1CCCC1C(=O)N1CCCC1C(=O)NCCCCC(NC(=O)C1CCCN1C(=O)CCSSCCC(=O)NCc1cn([C@H]3CC[C@@H](COP(=O)(O)OP(=O)(O)OP(=O)(O)O)O3)c(=O)nc1N)C(=O)N1CCCC1C(=O)NC(CC(=O)O)C(=O)NC(CC(=O)O)C(=O)O)C1C=C(C)C(=NCC)C=C1C2. The number of phosphoric acid groups is 3. The number of anilines is 1. The topological polar surface area (TPSA) is 601 Å². The zero-order valence-corrected chi connectivity index (χ0v) is 77.2. The second kappa shape index (κ2) is 46.7. The molecule has 5 aliphatic heterocycles. The smallest absolute Gasteiger partial charge is 0.481 e. The van der Waals surface area contributed by atoms with Crippen LogP contribution >= 0.6 is 45.1 Å². The lowest BCUT2D eigenvalue weighted by atomic mass is 9.65. The lowest BCUT2D eigenvalue weighted by Gasteiger charge is -2.38. The van der Waals surface area contributed by atoms with Crippen molar-refractivity contribution >= 4 is 134 Å². The number of amides is 10. The third-order valence-corrected chi connectivity index (χ3v) is 30.0. The molecule has 3 aromatic rings. The number of benzene rings is 2. The first-order chi connectivity index (χ1) is 61.6. The zero-order chi connectivity index (χ0) is 94.6. The number of rotatable bonds is 45. The summed E-state index contributed by atoms with van der Waals surface area (Å²) in [5.41, 5.74) is 15.2. The Morgan fingerprint density at radius 2 is 1.30 bits per heavy atom. The number of aliphatic imine (C=N–C) groups is 1. The maximum atomic E-state index is 14.9. The number of likely N-dealkylation sites (tertiary alicyclic amines) is 4. The number of carbonyl (C=O) groups is 13. The molecular weight excluding hydrogens is 1800 g/mol. The third-order valence-electron chi connectivity index (χ3n) is 23.8. The standard InChI is InChI=1S/C83H115N14O28P3S2/c1-6-17-50-40-51-41-52-42-60(85-7-2)49(4)39-58(52)73(57(51)38-48(50)3)55-18-8-9-19-56(55)79(109)92(5)31-16-25-68(99)94-33-15-24-66(94)81(111)96-35-13-21-63(96)76(106)86-30-11-10-20-59(80(110)95-34-14-23-65(95)78(108)89-61(43-71(101)102)75(105)90-62(82(112)113)44-72(103)104)88-77(107)64-22-12-32-93(64)69(100)29-37-130-129-36-28-67(98)87-45-53-46-97(83(114)91-74(53)84)70-27-26-54(123-70)47-122-127(118,119)125-128(120,121)124-126(115,116)117/h8-9,18-19,38-40,42,46,54,58-59,61-66,70,73H,6-7,10-17,20-37,41,43-45,47H2,1-5H3,(H,86,106)(H,87,98)(H,88,107)(H,89,108)(H,90,105)(H,101,102)(H,103,104)(H,112,113)(H,118,119)(H,120,121)(H2,84,91,114)(H2,115,116,117)/t54-,58?,59?,61?,62?,63?,64?,65?,66?,70+,73?/m0/s1. The number of aromatic nitrogens is 2. The number of nitrogens with two attached hydrogens (primary N) is 1. The van der Waals surface area contributed by atoms with Crippen molar-refractivity contribution in [3.05, 3.63) is 115 Å². The number of nitrogens with one attached hydrogen (secondary N) is 5. The summed E-state index contributed by atoms with van der Waals surface area (Å²) < 4.78 is 53.8. The second-order valence-electron chi connectivity index (χ2n) is 33.1. The first-order valence-electron chi connectivity index (χ1n) is 43.4. The molecule has 11 unspecified atom stereocenters. The van der Waals surface area contributed by atoms with Crippen LogP contribution in [0, 0.1) is 12.8 Å². The Hall–Kier alpha value is -9.55. The Balaban J connectivity index is 0.713. The average Bonchev–Trinajstić information content (AvgIpc) is 1.01. The minimum atomic E-state index is -5.78. The Morgan fingerprint density at radius 3 is 1.96 bits per heavy atom. The average molecular weight is 1910 g/mol. The monoisotopic (exact) mass is 1910 g/mol. The molecule has 7 aliphatic rings. The van der Waals surface area contributed by atoms with Gasteiger partial charge in [0.2, 0.25) is 53.2 Å². The normalized spacial score (nSPS) is 22.1. The highest BCUT2D eigenvalue weighted by atomic mass is 33.1. The Labute approximate surface area is 758 Å². The Kier molecular flexibility index (Phi) is 36.8. The highest BCUT2D eigenvalue weighted by molar-refractivity contribution is 8.76. The van der Waals surface area contributed by atoms with Crippen molar-refractivity contribution in [3.63, 3.8) is 0 Å². The van der Waals surface area contributed by atoms with Crippen LogP contribution in [0.4, 0.5) is 5.82 Å². The van der Waals surface area contributed by atoms with Gasteiger partial charge in [-0.15, -0.1) is 0 Å². The molecule has 1 aromatic heterocycles. The first kappa shape index (κ1) is 103. The molecular formula is C83H115N14O28P3S2. The van der Waals surface area contributed by atoms with Gasteiger partial charge in [0.15, 0.2) is 0 Å². The van der Waals surface area contributed by atoms with Crippen molar-refractivity contribution in [2.75, 3.05) is 76.7 Å².